The van der Waals surface area contributed by atoms with Crippen LogP contribution in [0.25, 0.3) is 0 Å². The second-order valence-corrected chi connectivity index (χ2v) is 5.23. The molecule has 14 heavy (non-hydrogen) atoms. The molecule has 0 amide bonds. The molecule has 1 rings (SSSR count). The van der Waals surface area contributed by atoms with E-state index in [1.54, 1.807) is 6.92 Å². The molecule has 0 bridgehead atoms. The van der Waals surface area contributed by atoms with Crippen molar-refractivity contribution in [3.63, 3.8) is 0 Å². The Balaban J connectivity index is 2.29. The van der Waals surface area contributed by atoms with E-state index in [-0.39, 0.29) is 0 Å². The zero-order valence-corrected chi connectivity index (χ0v) is 9.32. The van der Waals surface area contributed by atoms with Crippen LogP contribution in [0.1, 0.15) is 46.5 Å². The number of hydrogen-bond acceptors (Lipinski definition) is 1. The van der Waals surface area contributed by atoms with Crippen LogP contribution in [0.4, 0.5) is 8.78 Å². The Morgan fingerprint density at radius 2 is 1.71 bits per heavy atom. The molecule has 0 aromatic rings. The summed E-state index contributed by atoms with van der Waals surface area (Å²) in [5, 5.41) is 3.01. The molecule has 0 saturated heterocycles. The fraction of sp³-hybridized carbons (Fsp3) is 1.00. The molecule has 0 radical (unpaired) electrons. The average Bonchev–Trinajstić information content (AvgIpc) is 2.08. The lowest BCUT2D eigenvalue weighted by Crippen LogP contribution is -2.43. The minimum atomic E-state index is -2.25. The Bertz CT molecular complexity index is 170. The smallest absolute Gasteiger partial charge is 0.253 e. The summed E-state index contributed by atoms with van der Waals surface area (Å²) in [5.74, 6) is 0. The van der Waals surface area contributed by atoms with Crippen LogP contribution in [0.15, 0.2) is 0 Å². The lowest BCUT2D eigenvalue weighted by atomic mass is 9.75. The molecule has 0 aromatic heterocycles. The van der Waals surface area contributed by atoms with E-state index in [1.165, 1.54) is 0 Å². The van der Waals surface area contributed by atoms with Crippen molar-refractivity contribution in [2.24, 2.45) is 5.41 Å². The lowest BCUT2D eigenvalue weighted by molar-refractivity contribution is 0.0899. The van der Waals surface area contributed by atoms with Gasteiger partial charge in [0.15, 0.2) is 0 Å². The van der Waals surface area contributed by atoms with Crippen molar-refractivity contribution in [1.82, 2.24) is 5.32 Å². The monoisotopic (exact) mass is 205 g/mol. The van der Waals surface area contributed by atoms with Crippen LogP contribution in [0, 0.1) is 5.41 Å². The van der Waals surface area contributed by atoms with Gasteiger partial charge in [0.25, 0.3) is 6.43 Å². The fourth-order valence-electron chi connectivity index (χ4n) is 2.01. The SMILES string of the molecule is CC(NC1CCC(C)(C)CC1)C(F)F. The fourth-order valence-corrected chi connectivity index (χ4v) is 2.01. The van der Waals surface area contributed by atoms with Gasteiger partial charge in [0.2, 0.25) is 0 Å². The van der Waals surface area contributed by atoms with Gasteiger partial charge in [-0.3, -0.25) is 0 Å². The summed E-state index contributed by atoms with van der Waals surface area (Å²) in [6.07, 6.45) is 2.10. The largest absolute Gasteiger partial charge is 0.306 e. The van der Waals surface area contributed by atoms with E-state index in [9.17, 15) is 8.78 Å². The molecular formula is C11H21F2N. The van der Waals surface area contributed by atoms with Crippen molar-refractivity contribution >= 4 is 0 Å². The first-order chi connectivity index (χ1) is 6.41. The second kappa shape index (κ2) is 4.56. The first kappa shape index (κ1) is 11.9. The highest BCUT2D eigenvalue weighted by molar-refractivity contribution is 4.83. The summed E-state index contributed by atoms with van der Waals surface area (Å²) in [7, 11) is 0. The van der Waals surface area contributed by atoms with Crippen molar-refractivity contribution in [3.8, 4) is 0 Å². The number of halogens is 2. The summed E-state index contributed by atoms with van der Waals surface area (Å²) in [4.78, 5) is 0. The van der Waals surface area contributed by atoms with Gasteiger partial charge in [0.1, 0.15) is 0 Å². The van der Waals surface area contributed by atoms with Crippen LogP contribution in [0.2, 0.25) is 0 Å². The summed E-state index contributed by atoms with van der Waals surface area (Å²) in [6.45, 7) is 6.06. The molecule has 1 N–H and O–H groups in total. The van der Waals surface area contributed by atoms with Gasteiger partial charge in [-0.25, -0.2) is 8.78 Å². The highest BCUT2D eigenvalue weighted by Crippen LogP contribution is 2.35. The third-order valence-electron chi connectivity index (χ3n) is 3.22. The van der Waals surface area contributed by atoms with Gasteiger partial charge in [-0.15, -0.1) is 0 Å². The van der Waals surface area contributed by atoms with Crippen LogP contribution >= 0.6 is 0 Å². The maximum absolute atomic E-state index is 12.3. The van der Waals surface area contributed by atoms with E-state index in [2.05, 4.69) is 19.2 Å². The molecule has 1 aliphatic carbocycles. The molecule has 1 atom stereocenters. The quantitative estimate of drug-likeness (QED) is 0.746. The molecule has 0 heterocycles. The maximum Gasteiger partial charge on any atom is 0.253 e. The molecule has 1 unspecified atom stereocenters. The van der Waals surface area contributed by atoms with Crippen LogP contribution in [0.5, 0.6) is 0 Å². The number of nitrogens with one attached hydrogen (secondary N) is 1. The molecule has 1 nitrogen and oxygen atoms in total. The van der Waals surface area contributed by atoms with E-state index in [0.29, 0.717) is 11.5 Å². The van der Waals surface area contributed by atoms with Crippen molar-refractivity contribution in [1.29, 1.82) is 0 Å². The molecule has 84 valence electrons. The summed E-state index contributed by atoms with van der Waals surface area (Å²) < 4.78 is 24.5. The minimum Gasteiger partial charge on any atom is -0.306 e. The van der Waals surface area contributed by atoms with Gasteiger partial charge < -0.3 is 5.32 Å². The first-order valence-electron chi connectivity index (χ1n) is 5.45. The number of hydrogen-bond donors (Lipinski definition) is 1. The summed E-state index contributed by atoms with van der Waals surface area (Å²) in [6, 6.07) is -0.367. The molecule has 1 fully saturated rings. The zero-order valence-electron chi connectivity index (χ0n) is 9.32. The number of alkyl halides is 2. The lowest BCUT2D eigenvalue weighted by Gasteiger charge is -2.35. The topological polar surface area (TPSA) is 12.0 Å². The van der Waals surface area contributed by atoms with Crippen molar-refractivity contribution in [3.05, 3.63) is 0 Å². The Kier molecular flexibility index (Phi) is 3.87. The normalized spacial score (nSPS) is 25.3. The predicted molar refractivity (Wildman–Crippen MR) is 54.6 cm³/mol. The molecule has 0 spiro atoms. The Morgan fingerprint density at radius 1 is 1.21 bits per heavy atom. The average molecular weight is 205 g/mol. The van der Waals surface area contributed by atoms with E-state index < -0.39 is 12.5 Å². The summed E-state index contributed by atoms with van der Waals surface area (Å²) in [5.41, 5.74) is 0.409. The predicted octanol–water partition coefficient (Wildman–Crippen LogP) is 3.20. The van der Waals surface area contributed by atoms with E-state index in [0.717, 1.165) is 25.7 Å². The van der Waals surface area contributed by atoms with Gasteiger partial charge in [-0.2, -0.15) is 0 Å². The molecule has 0 aromatic carbocycles. The Hall–Kier alpha value is -0.180. The highest BCUT2D eigenvalue weighted by Gasteiger charge is 2.28. The van der Waals surface area contributed by atoms with Crippen LogP contribution in [-0.4, -0.2) is 18.5 Å². The van der Waals surface area contributed by atoms with E-state index in [1.807, 2.05) is 0 Å². The van der Waals surface area contributed by atoms with Gasteiger partial charge in [-0.1, -0.05) is 13.8 Å². The molecule has 3 heteroatoms. The van der Waals surface area contributed by atoms with Crippen molar-refractivity contribution < 1.29 is 8.78 Å². The van der Waals surface area contributed by atoms with Gasteiger partial charge >= 0.3 is 0 Å². The van der Waals surface area contributed by atoms with Gasteiger partial charge in [-0.05, 0) is 38.0 Å². The van der Waals surface area contributed by atoms with Crippen molar-refractivity contribution in [2.45, 2.75) is 65.0 Å². The van der Waals surface area contributed by atoms with E-state index in [4.69, 9.17) is 0 Å². The molecule has 1 saturated carbocycles. The van der Waals surface area contributed by atoms with Gasteiger partial charge in [0.05, 0.1) is 6.04 Å². The first-order valence-corrected chi connectivity index (χ1v) is 5.45. The van der Waals surface area contributed by atoms with Gasteiger partial charge in [0, 0.05) is 6.04 Å². The Labute approximate surface area is 85.3 Å². The standard InChI is InChI=1S/C11H21F2N/c1-8(10(12)13)14-9-4-6-11(2,3)7-5-9/h8-10,14H,4-7H2,1-3H3. The molecular weight excluding hydrogens is 184 g/mol. The molecule has 0 aliphatic heterocycles. The van der Waals surface area contributed by atoms with Crippen LogP contribution in [0.3, 0.4) is 0 Å². The van der Waals surface area contributed by atoms with Crippen LogP contribution < -0.4 is 5.32 Å². The Morgan fingerprint density at radius 3 is 2.14 bits per heavy atom. The second-order valence-electron chi connectivity index (χ2n) is 5.23. The third kappa shape index (κ3) is 3.52. The van der Waals surface area contributed by atoms with Crippen LogP contribution in [-0.2, 0) is 0 Å². The zero-order chi connectivity index (χ0) is 10.8. The molecule has 1 aliphatic rings. The maximum atomic E-state index is 12.3. The summed E-state index contributed by atoms with van der Waals surface area (Å²) >= 11 is 0. The minimum absolute atomic E-state index is 0.298. The van der Waals surface area contributed by atoms with Crippen molar-refractivity contribution in [2.75, 3.05) is 0 Å². The number of rotatable bonds is 3. The van der Waals surface area contributed by atoms with E-state index >= 15 is 0 Å². The third-order valence-corrected chi connectivity index (χ3v) is 3.22. The highest BCUT2D eigenvalue weighted by atomic mass is 19.3.